The van der Waals surface area contributed by atoms with Gasteiger partial charge in [0, 0.05) is 17.0 Å². The van der Waals surface area contributed by atoms with Crippen LogP contribution in [-0.4, -0.2) is 17.3 Å². The van der Waals surface area contributed by atoms with E-state index in [1.54, 1.807) is 19.4 Å². The highest BCUT2D eigenvalue weighted by Gasteiger charge is 2.22. The molecule has 2 heterocycles. The minimum Gasteiger partial charge on any atom is -0.494 e. The molecule has 1 fully saturated rings. The molecule has 1 saturated carbocycles. The van der Waals surface area contributed by atoms with Crippen molar-refractivity contribution in [3.63, 3.8) is 0 Å². The van der Waals surface area contributed by atoms with Crippen molar-refractivity contribution in [3.05, 3.63) is 71.9 Å². The number of ether oxygens (including phenoxy) is 1. The Balaban J connectivity index is 1.62. The quantitative estimate of drug-likeness (QED) is 0.477. The third-order valence-corrected chi connectivity index (χ3v) is 4.86. The molecular weight excluding hydrogens is 357 g/mol. The maximum absolute atomic E-state index is 13.7. The van der Waals surface area contributed by atoms with Crippen LogP contribution < -0.4 is 10.1 Å². The Kier molecular flexibility index (Phi) is 3.90. The Hall–Kier alpha value is -3.54. The summed E-state index contributed by atoms with van der Waals surface area (Å²) >= 11 is 0. The minimum atomic E-state index is -0.293. The lowest BCUT2D eigenvalue weighted by Gasteiger charge is -2.13. The lowest BCUT2D eigenvalue weighted by Crippen LogP contribution is -2.00. The van der Waals surface area contributed by atoms with Crippen LogP contribution >= 0.6 is 0 Å². The van der Waals surface area contributed by atoms with Crippen molar-refractivity contribution in [1.29, 1.82) is 0 Å². The fourth-order valence-corrected chi connectivity index (χ4v) is 3.36. The Labute approximate surface area is 160 Å². The first kappa shape index (κ1) is 16.6. The standard InChI is InChI=1S/C22H18FN3O2/c1-27-20-12-17-16(21(26-25-17)14-4-2-5-15(23)10-14)11-18(20)24-22(13-7-8-13)19-6-3-9-28-19/h2-6,9-12,24H,7-8H2,1H3,(H,25,26). The van der Waals surface area contributed by atoms with Gasteiger partial charge in [-0.25, -0.2) is 4.39 Å². The van der Waals surface area contributed by atoms with Gasteiger partial charge in [0.15, 0.2) is 0 Å². The third kappa shape index (κ3) is 2.93. The number of methoxy groups -OCH3 is 1. The first-order chi connectivity index (χ1) is 13.7. The highest BCUT2D eigenvalue weighted by molar-refractivity contribution is 5.98. The van der Waals surface area contributed by atoms with E-state index < -0.39 is 0 Å². The lowest BCUT2D eigenvalue weighted by atomic mass is 10.1. The smallest absolute Gasteiger partial charge is 0.150 e. The maximum Gasteiger partial charge on any atom is 0.150 e. The maximum atomic E-state index is 13.7. The second-order valence-electron chi connectivity index (χ2n) is 6.76. The number of furan rings is 1. The summed E-state index contributed by atoms with van der Waals surface area (Å²) in [6.45, 7) is 0. The van der Waals surface area contributed by atoms with Gasteiger partial charge in [0.25, 0.3) is 0 Å². The van der Waals surface area contributed by atoms with Crippen LogP contribution in [0, 0.1) is 5.82 Å². The molecule has 0 radical (unpaired) electrons. The molecule has 6 heteroatoms. The fourth-order valence-electron chi connectivity index (χ4n) is 3.36. The molecule has 1 aliphatic rings. The summed E-state index contributed by atoms with van der Waals surface area (Å²) in [4.78, 5) is 0. The van der Waals surface area contributed by atoms with Crippen LogP contribution in [0.4, 0.5) is 10.1 Å². The Morgan fingerprint density at radius 3 is 2.79 bits per heavy atom. The molecule has 0 saturated heterocycles. The molecule has 1 aliphatic carbocycles. The number of aromatic nitrogens is 2. The van der Waals surface area contributed by atoms with E-state index in [-0.39, 0.29) is 5.82 Å². The van der Waals surface area contributed by atoms with Gasteiger partial charge in [-0.3, -0.25) is 5.10 Å². The third-order valence-electron chi connectivity index (χ3n) is 4.86. The molecule has 0 aliphatic heterocycles. The molecule has 0 bridgehead atoms. The molecule has 5 rings (SSSR count). The van der Waals surface area contributed by atoms with Crippen molar-refractivity contribution < 1.29 is 13.5 Å². The van der Waals surface area contributed by atoms with Crippen LogP contribution in [-0.2, 0) is 0 Å². The number of allylic oxidation sites excluding steroid dienone is 1. The minimum absolute atomic E-state index is 0.293. The van der Waals surface area contributed by atoms with Crippen molar-refractivity contribution in [2.45, 2.75) is 12.8 Å². The van der Waals surface area contributed by atoms with Crippen molar-refractivity contribution in [2.75, 3.05) is 12.4 Å². The van der Waals surface area contributed by atoms with Crippen LogP contribution in [0.25, 0.3) is 27.9 Å². The first-order valence-electron chi connectivity index (χ1n) is 9.08. The zero-order valence-electron chi connectivity index (χ0n) is 15.3. The van der Waals surface area contributed by atoms with E-state index in [1.807, 2.05) is 30.3 Å². The van der Waals surface area contributed by atoms with Gasteiger partial charge in [0.1, 0.15) is 23.0 Å². The molecule has 2 aromatic heterocycles. The number of nitrogens with one attached hydrogen (secondary N) is 2. The molecule has 140 valence electrons. The second kappa shape index (κ2) is 6.56. The molecule has 0 unspecified atom stereocenters. The average Bonchev–Trinajstić information content (AvgIpc) is 3.24. The highest BCUT2D eigenvalue weighted by atomic mass is 19.1. The monoisotopic (exact) mass is 375 g/mol. The van der Waals surface area contributed by atoms with Gasteiger partial charge in [-0.1, -0.05) is 12.1 Å². The predicted octanol–water partition coefficient (Wildman–Crippen LogP) is 5.59. The van der Waals surface area contributed by atoms with Gasteiger partial charge in [-0.2, -0.15) is 5.10 Å². The van der Waals surface area contributed by atoms with Crippen molar-refractivity contribution in [1.82, 2.24) is 10.2 Å². The number of fused-ring (bicyclic) bond motifs is 1. The van der Waals surface area contributed by atoms with E-state index in [2.05, 4.69) is 15.5 Å². The van der Waals surface area contributed by atoms with Crippen LogP contribution in [0.3, 0.4) is 0 Å². The molecule has 4 aromatic rings. The number of hydrogen-bond donors (Lipinski definition) is 2. The number of rotatable bonds is 5. The normalized spacial score (nSPS) is 13.0. The summed E-state index contributed by atoms with van der Waals surface area (Å²) in [7, 11) is 1.63. The molecule has 0 atom stereocenters. The second-order valence-corrected chi connectivity index (χ2v) is 6.76. The van der Waals surface area contributed by atoms with Crippen molar-refractivity contribution in [3.8, 4) is 17.0 Å². The Morgan fingerprint density at radius 1 is 1.18 bits per heavy atom. The first-order valence-corrected chi connectivity index (χ1v) is 9.08. The number of benzene rings is 2. The zero-order chi connectivity index (χ0) is 19.1. The molecule has 2 N–H and O–H groups in total. The van der Waals surface area contributed by atoms with Crippen LogP contribution in [0.1, 0.15) is 18.6 Å². The summed E-state index contributed by atoms with van der Waals surface area (Å²) in [6.07, 6.45) is 3.76. The lowest BCUT2D eigenvalue weighted by molar-refractivity contribution is 0.417. The van der Waals surface area contributed by atoms with E-state index in [0.717, 1.165) is 40.9 Å². The summed E-state index contributed by atoms with van der Waals surface area (Å²) in [5.41, 5.74) is 5.32. The summed E-state index contributed by atoms with van der Waals surface area (Å²) < 4.78 is 24.9. The number of hydrogen-bond acceptors (Lipinski definition) is 4. The van der Waals surface area contributed by atoms with Crippen LogP contribution in [0.2, 0.25) is 0 Å². The average molecular weight is 375 g/mol. The van der Waals surface area contributed by atoms with Crippen molar-refractivity contribution >= 4 is 22.3 Å². The van der Waals surface area contributed by atoms with E-state index in [0.29, 0.717) is 17.0 Å². The van der Waals surface area contributed by atoms with E-state index >= 15 is 0 Å². The topological polar surface area (TPSA) is 63.1 Å². The fraction of sp³-hybridized carbons (Fsp3) is 0.136. The van der Waals surface area contributed by atoms with E-state index in [4.69, 9.17) is 9.15 Å². The Morgan fingerprint density at radius 2 is 2.07 bits per heavy atom. The van der Waals surface area contributed by atoms with Gasteiger partial charge in [-0.15, -0.1) is 0 Å². The number of halogens is 1. The molecular formula is C22H18FN3O2. The summed E-state index contributed by atoms with van der Waals surface area (Å²) in [6, 6.07) is 14.1. The number of H-pyrrole nitrogens is 1. The van der Waals surface area contributed by atoms with Gasteiger partial charge in [0.05, 0.1) is 30.3 Å². The van der Waals surface area contributed by atoms with Gasteiger partial charge in [-0.05, 0) is 48.7 Å². The number of anilines is 1. The van der Waals surface area contributed by atoms with Gasteiger partial charge >= 0.3 is 0 Å². The molecule has 0 spiro atoms. The van der Waals surface area contributed by atoms with Gasteiger partial charge in [0.2, 0.25) is 0 Å². The van der Waals surface area contributed by atoms with E-state index in [1.165, 1.54) is 17.7 Å². The molecule has 0 amide bonds. The van der Waals surface area contributed by atoms with Crippen molar-refractivity contribution in [2.24, 2.45) is 0 Å². The summed E-state index contributed by atoms with van der Waals surface area (Å²) in [5.74, 6) is 1.19. The summed E-state index contributed by atoms with van der Waals surface area (Å²) in [5, 5.41) is 11.8. The zero-order valence-corrected chi connectivity index (χ0v) is 15.3. The van der Waals surface area contributed by atoms with E-state index in [9.17, 15) is 4.39 Å². The predicted molar refractivity (Wildman–Crippen MR) is 107 cm³/mol. The molecule has 28 heavy (non-hydrogen) atoms. The van der Waals surface area contributed by atoms with Crippen LogP contribution in [0.5, 0.6) is 5.75 Å². The number of nitrogens with zero attached hydrogens (tertiary/aromatic N) is 1. The largest absolute Gasteiger partial charge is 0.494 e. The number of aromatic amines is 1. The molecule has 2 aromatic carbocycles. The Bertz CT molecular complexity index is 1190. The molecule has 5 nitrogen and oxygen atoms in total. The SMILES string of the molecule is COc1cc2[nH]nc(-c3cccc(F)c3)c2cc1NC(=C1CC1)c1ccco1. The van der Waals surface area contributed by atoms with Crippen LogP contribution in [0.15, 0.2) is 64.8 Å². The highest BCUT2D eigenvalue weighted by Crippen LogP contribution is 2.40. The van der Waals surface area contributed by atoms with Gasteiger partial charge < -0.3 is 14.5 Å².